The summed E-state index contributed by atoms with van der Waals surface area (Å²) in [6.07, 6.45) is 3.64. The molecule has 0 radical (unpaired) electrons. The maximum absolute atomic E-state index is 9.67. The van der Waals surface area contributed by atoms with Crippen molar-refractivity contribution >= 4 is 0 Å². The molecule has 0 bridgehead atoms. The van der Waals surface area contributed by atoms with Crippen molar-refractivity contribution in [3.8, 4) is 0 Å². The fourth-order valence-corrected chi connectivity index (χ4v) is 1.68. The van der Waals surface area contributed by atoms with Gasteiger partial charge in [0.05, 0.1) is 6.10 Å². The Morgan fingerprint density at radius 1 is 1.21 bits per heavy atom. The lowest BCUT2D eigenvalue weighted by Crippen LogP contribution is -2.09. The van der Waals surface area contributed by atoms with Gasteiger partial charge in [0, 0.05) is 0 Å². The highest BCUT2D eigenvalue weighted by Crippen LogP contribution is 2.10. The molecule has 1 aromatic rings. The van der Waals surface area contributed by atoms with Gasteiger partial charge in [0.25, 0.3) is 0 Å². The molecular weight excluding hydrogens is 172 g/mol. The van der Waals surface area contributed by atoms with Crippen LogP contribution in [-0.4, -0.2) is 11.2 Å². The molecule has 78 valence electrons. The second kappa shape index (κ2) is 5.82. The van der Waals surface area contributed by atoms with Crippen LogP contribution >= 0.6 is 0 Å². The first kappa shape index (κ1) is 11.3. The van der Waals surface area contributed by atoms with Crippen LogP contribution in [-0.2, 0) is 12.8 Å². The molecule has 0 amide bonds. The van der Waals surface area contributed by atoms with E-state index in [0.29, 0.717) is 0 Å². The Hall–Kier alpha value is -0.820. The Kier molecular flexibility index (Phi) is 4.68. The van der Waals surface area contributed by atoms with Crippen LogP contribution in [0.15, 0.2) is 24.3 Å². The molecule has 0 heterocycles. The van der Waals surface area contributed by atoms with Crippen molar-refractivity contribution in [1.82, 2.24) is 0 Å². The molecule has 0 aliphatic carbocycles. The van der Waals surface area contributed by atoms with E-state index in [1.165, 1.54) is 11.1 Å². The lowest BCUT2D eigenvalue weighted by molar-refractivity contribution is 0.164. The predicted octanol–water partition coefficient (Wildman–Crippen LogP) is 2.95. The summed E-state index contributed by atoms with van der Waals surface area (Å²) in [5.41, 5.74) is 2.61. The fourth-order valence-electron chi connectivity index (χ4n) is 1.68. The van der Waals surface area contributed by atoms with Crippen LogP contribution in [0.2, 0.25) is 0 Å². The Labute approximate surface area is 86.8 Å². The van der Waals surface area contributed by atoms with Crippen LogP contribution in [0.25, 0.3) is 0 Å². The summed E-state index contributed by atoms with van der Waals surface area (Å²) in [5, 5.41) is 9.67. The topological polar surface area (TPSA) is 20.2 Å². The molecular formula is C13H20O. The van der Waals surface area contributed by atoms with Crippen molar-refractivity contribution in [2.45, 2.75) is 45.6 Å². The Morgan fingerprint density at radius 3 is 2.57 bits per heavy atom. The van der Waals surface area contributed by atoms with E-state index in [9.17, 15) is 5.11 Å². The number of hydrogen-bond acceptors (Lipinski definition) is 1. The predicted molar refractivity (Wildman–Crippen MR) is 60.4 cm³/mol. The zero-order chi connectivity index (χ0) is 10.4. The zero-order valence-electron chi connectivity index (χ0n) is 9.16. The molecule has 1 rings (SSSR count). The van der Waals surface area contributed by atoms with Gasteiger partial charge in [0.15, 0.2) is 0 Å². The van der Waals surface area contributed by atoms with Crippen molar-refractivity contribution in [2.24, 2.45) is 0 Å². The van der Waals surface area contributed by atoms with Crippen molar-refractivity contribution in [2.75, 3.05) is 0 Å². The second-order valence-corrected chi connectivity index (χ2v) is 3.82. The molecule has 1 atom stereocenters. The van der Waals surface area contributed by atoms with Crippen LogP contribution < -0.4 is 0 Å². The molecule has 14 heavy (non-hydrogen) atoms. The minimum absolute atomic E-state index is 0.174. The first-order valence-electron chi connectivity index (χ1n) is 5.52. The maximum atomic E-state index is 9.67. The third kappa shape index (κ3) is 3.51. The summed E-state index contributed by atoms with van der Waals surface area (Å²) >= 11 is 0. The monoisotopic (exact) mass is 192 g/mol. The molecule has 1 unspecified atom stereocenters. The third-order valence-corrected chi connectivity index (χ3v) is 2.49. The number of rotatable bonds is 5. The van der Waals surface area contributed by atoms with Gasteiger partial charge in [-0.3, -0.25) is 0 Å². The highest BCUT2D eigenvalue weighted by atomic mass is 16.3. The molecule has 0 saturated heterocycles. The quantitative estimate of drug-likeness (QED) is 0.760. The van der Waals surface area contributed by atoms with Gasteiger partial charge in [-0.05, 0) is 30.4 Å². The van der Waals surface area contributed by atoms with Gasteiger partial charge >= 0.3 is 0 Å². The lowest BCUT2D eigenvalue weighted by Gasteiger charge is -2.09. The molecule has 0 aliphatic rings. The van der Waals surface area contributed by atoms with Crippen LogP contribution in [0.1, 0.15) is 37.8 Å². The molecule has 0 aromatic heterocycles. The Morgan fingerprint density at radius 2 is 1.93 bits per heavy atom. The molecule has 0 spiro atoms. The van der Waals surface area contributed by atoms with E-state index >= 15 is 0 Å². The largest absolute Gasteiger partial charge is 0.393 e. The van der Waals surface area contributed by atoms with Crippen LogP contribution in [0.4, 0.5) is 0 Å². The fraction of sp³-hybridized carbons (Fsp3) is 0.538. The molecule has 0 fully saturated rings. The minimum atomic E-state index is -0.174. The number of aliphatic hydroxyl groups is 1. The molecule has 1 heteroatoms. The molecule has 1 aromatic carbocycles. The first-order chi connectivity index (χ1) is 6.76. The molecule has 1 nitrogen and oxygen atoms in total. The van der Waals surface area contributed by atoms with E-state index in [0.717, 1.165) is 25.7 Å². The van der Waals surface area contributed by atoms with E-state index in [2.05, 4.69) is 38.1 Å². The summed E-state index contributed by atoms with van der Waals surface area (Å²) < 4.78 is 0. The molecule has 0 aliphatic heterocycles. The number of aryl methyl sites for hydroxylation is 1. The number of benzene rings is 1. The normalized spacial score (nSPS) is 12.8. The smallest absolute Gasteiger partial charge is 0.0580 e. The summed E-state index contributed by atoms with van der Waals surface area (Å²) in [6, 6.07) is 8.50. The van der Waals surface area contributed by atoms with Gasteiger partial charge in [0.1, 0.15) is 0 Å². The second-order valence-electron chi connectivity index (χ2n) is 3.82. The highest BCUT2D eigenvalue weighted by Gasteiger charge is 2.04. The Balaban J connectivity index is 2.57. The average molecular weight is 192 g/mol. The molecule has 1 N–H and O–H groups in total. The van der Waals surface area contributed by atoms with Crippen molar-refractivity contribution < 1.29 is 5.11 Å². The van der Waals surface area contributed by atoms with Crippen molar-refractivity contribution in [3.63, 3.8) is 0 Å². The van der Waals surface area contributed by atoms with Gasteiger partial charge in [0.2, 0.25) is 0 Å². The Bertz CT molecular complexity index is 268. The van der Waals surface area contributed by atoms with Crippen molar-refractivity contribution in [1.29, 1.82) is 0 Å². The van der Waals surface area contributed by atoms with Crippen LogP contribution in [0.5, 0.6) is 0 Å². The lowest BCUT2D eigenvalue weighted by atomic mass is 10.0. The minimum Gasteiger partial charge on any atom is -0.393 e. The molecule has 0 saturated carbocycles. The summed E-state index contributed by atoms with van der Waals surface area (Å²) in [6.45, 7) is 4.26. The van der Waals surface area contributed by atoms with E-state index < -0.39 is 0 Å². The van der Waals surface area contributed by atoms with Crippen LogP contribution in [0.3, 0.4) is 0 Å². The standard InChI is InChI=1S/C13H20O/c1-3-6-13(14)10-12-8-5-7-11(4-2)9-12/h5,7-9,13-14H,3-4,6,10H2,1-2H3. The van der Waals surface area contributed by atoms with E-state index in [-0.39, 0.29) is 6.10 Å². The van der Waals surface area contributed by atoms with Gasteiger partial charge < -0.3 is 5.11 Å². The first-order valence-corrected chi connectivity index (χ1v) is 5.52. The van der Waals surface area contributed by atoms with E-state index in [4.69, 9.17) is 0 Å². The van der Waals surface area contributed by atoms with Gasteiger partial charge in [-0.1, -0.05) is 44.5 Å². The SMILES string of the molecule is CCCC(O)Cc1cccc(CC)c1. The summed E-state index contributed by atoms with van der Waals surface area (Å²) in [4.78, 5) is 0. The highest BCUT2D eigenvalue weighted by molar-refractivity contribution is 5.23. The number of hydrogen-bond donors (Lipinski definition) is 1. The van der Waals surface area contributed by atoms with Gasteiger partial charge in [-0.25, -0.2) is 0 Å². The van der Waals surface area contributed by atoms with E-state index in [1.54, 1.807) is 0 Å². The van der Waals surface area contributed by atoms with Gasteiger partial charge in [-0.2, -0.15) is 0 Å². The third-order valence-electron chi connectivity index (χ3n) is 2.49. The van der Waals surface area contributed by atoms with Crippen molar-refractivity contribution in [3.05, 3.63) is 35.4 Å². The maximum Gasteiger partial charge on any atom is 0.0580 e. The average Bonchev–Trinajstić information content (AvgIpc) is 2.18. The van der Waals surface area contributed by atoms with Crippen LogP contribution in [0, 0.1) is 0 Å². The van der Waals surface area contributed by atoms with E-state index in [1.807, 2.05) is 0 Å². The number of aliphatic hydroxyl groups excluding tert-OH is 1. The zero-order valence-corrected chi connectivity index (χ0v) is 9.16. The summed E-state index contributed by atoms with van der Waals surface area (Å²) in [5.74, 6) is 0. The van der Waals surface area contributed by atoms with Gasteiger partial charge in [-0.15, -0.1) is 0 Å². The summed E-state index contributed by atoms with van der Waals surface area (Å²) in [7, 11) is 0.